The molecule has 110 valence electrons. The first-order valence-electron chi connectivity index (χ1n) is 6.24. The van der Waals surface area contributed by atoms with Crippen molar-refractivity contribution in [2.75, 3.05) is 7.11 Å². The number of methoxy groups -OCH3 is 1. The van der Waals surface area contributed by atoms with Gasteiger partial charge in [-0.2, -0.15) is 0 Å². The zero-order valence-electron chi connectivity index (χ0n) is 11.1. The molecule has 1 heterocycles. The molecule has 1 saturated carbocycles. The van der Waals surface area contributed by atoms with E-state index >= 15 is 0 Å². The molecule has 6 nitrogen and oxygen atoms in total. The van der Waals surface area contributed by atoms with Crippen molar-refractivity contribution >= 4 is 27.2 Å². The van der Waals surface area contributed by atoms with Gasteiger partial charge in [0, 0.05) is 19.3 Å². The highest BCUT2D eigenvalue weighted by molar-refractivity contribution is 7.89. The standard InChI is InChI=1S/C12H17N3O3S2/c1-18-9-5-4-8(7-9)15-20(16,17)10-3-2-6-14-11(10)12(13)19/h2-3,6,8-9,15H,4-5,7H2,1H3,(H2,13,19). The van der Waals surface area contributed by atoms with E-state index in [4.69, 9.17) is 22.7 Å². The zero-order valence-corrected chi connectivity index (χ0v) is 12.7. The summed E-state index contributed by atoms with van der Waals surface area (Å²) in [6.45, 7) is 0. The number of pyridine rings is 1. The average Bonchev–Trinajstić information content (AvgIpc) is 2.85. The average molecular weight is 315 g/mol. The Morgan fingerprint density at radius 2 is 2.30 bits per heavy atom. The number of hydrogen-bond donors (Lipinski definition) is 2. The van der Waals surface area contributed by atoms with Crippen molar-refractivity contribution in [3.05, 3.63) is 24.0 Å². The largest absolute Gasteiger partial charge is 0.388 e. The normalized spacial score (nSPS) is 22.9. The molecule has 0 radical (unpaired) electrons. The Hall–Kier alpha value is -1.09. The second-order valence-corrected chi connectivity index (χ2v) is 6.83. The van der Waals surface area contributed by atoms with Gasteiger partial charge in [0.05, 0.1) is 6.10 Å². The van der Waals surface area contributed by atoms with Gasteiger partial charge in [-0.25, -0.2) is 13.1 Å². The van der Waals surface area contributed by atoms with Crippen LogP contribution in [0.25, 0.3) is 0 Å². The molecule has 0 spiro atoms. The van der Waals surface area contributed by atoms with E-state index in [1.165, 1.54) is 12.3 Å². The molecule has 0 bridgehead atoms. The maximum atomic E-state index is 12.4. The molecule has 20 heavy (non-hydrogen) atoms. The molecular weight excluding hydrogens is 298 g/mol. The number of nitrogens with one attached hydrogen (secondary N) is 1. The topological polar surface area (TPSA) is 94.3 Å². The number of rotatable bonds is 5. The predicted octanol–water partition coefficient (Wildman–Crippen LogP) is 0.562. The third-order valence-electron chi connectivity index (χ3n) is 3.33. The second kappa shape index (κ2) is 6.13. The van der Waals surface area contributed by atoms with Crippen LogP contribution in [-0.2, 0) is 14.8 Å². The maximum absolute atomic E-state index is 12.4. The molecular formula is C12H17N3O3S2. The van der Waals surface area contributed by atoms with Crippen LogP contribution in [0, 0.1) is 0 Å². The molecule has 1 aromatic heterocycles. The summed E-state index contributed by atoms with van der Waals surface area (Å²) in [7, 11) is -2.05. The van der Waals surface area contributed by atoms with Crippen molar-refractivity contribution in [1.82, 2.24) is 9.71 Å². The molecule has 8 heteroatoms. The van der Waals surface area contributed by atoms with E-state index in [1.54, 1.807) is 13.2 Å². The van der Waals surface area contributed by atoms with Crippen LogP contribution in [0.2, 0.25) is 0 Å². The third-order valence-corrected chi connectivity index (χ3v) is 5.08. The zero-order chi connectivity index (χ0) is 14.8. The number of hydrogen-bond acceptors (Lipinski definition) is 5. The van der Waals surface area contributed by atoms with Crippen LogP contribution < -0.4 is 10.5 Å². The van der Waals surface area contributed by atoms with Crippen LogP contribution in [0.15, 0.2) is 23.2 Å². The minimum atomic E-state index is -3.69. The van der Waals surface area contributed by atoms with Crippen molar-refractivity contribution < 1.29 is 13.2 Å². The molecule has 0 amide bonds. The maximum Gasteiger partial charge on any atom is 0.243 e. The Balaban J connectivity index is 2.21. The van der Waals surface area contributed by atoms with E-state index in [-0.39, 0.29) is 27.7 Å². The van der Waals surface area contributed by atoms with Gasteiger partial charge >= 0.3 is 0 Å². The Morgan fingerprint density at radius 3 is 2.90 bits per heavy atom. The molecule has 0 saturated heterocycles. The molecule has 1 aliphatic rings. The van der Waals surface area contributed by atoms with Crippen LogP contribution in [0.1, 0.15) is 25.0 Å². The fraction of sp³-hybridized carbons (Fsp3) is 0.500. The summed E-state index contributed by atoms with van der Waals surface area (Å²) in [4.78, 5) is 3.93. The molecule has 2 unspecified atom stereocenters. The molecule has 1 fully saturated rings. The lowest BCUT2D eigenvalue weighted by atomic mass is 10.3. The lowest BCUT2D eigenvalue weighted by Crippen LogP contribution is -2.34. The number of ether oxygens (including phenoxy) is 1. The van der Waals surface area contributed by atoms with Gasteiger partial charge in [-0.1, -0.05) is 12.2 Å². The smallest absolute Gasteiger partial charge is 0.243 e. The third kappa shape index (κ3) is 3.32. The summed E-state index contributed by atoms with van der Waals surface area (Å²) in [6, 6.07) is 2.86. The quantitative estimate of drug-likeness (QED) is 0.771. The lowest BCUT2D eigenvalue weighted by molar-refractivity contribution is 0.107. The second-order valence-electron chi connectivity index (χ2n) is 4.70. The van der Waals surface area contributed by atoms with Crippen molar-refractivity contribution in [2.24, 2.45) is 5.73 Å². The molecule has 2 atom stereocenters. The highest BCUT2D eigenvalue weighted by Gasteiger charge is 2.30. The number of sulfonamides is 1. The Bertz CT molecular complexity index is 604. The highest BCUT2D eigenvalue weighted by Crippen LogP contribution is 2.23. The Kier molecular flexibility index (Phi) is 4.69. The van der Waals surface area contributed by atoms with Crippen LogP contribution in [-0.4, -0.2) is 37.6 Å². The first-order valence-corrected chi connectivity index (χ1v) is 8.13. The number of nitrogens with two attached hydrogens (primary N) is 1. The van der Waals surface area contributed by atoms with Gasteiger partial charge in [-0.15, -0.1) is 0 Å². The van der Waals surface area contributed by atoms with Crippen molar-refractivity contribution in [3.63, 3.8) is 0 Å². The fourth-order valence-corrected chi connectivity index (χ4v) is 4.02. The van der Waals surface area contributed by atoms with Gasteiger partial charge in [0.2, 0.25) is 10.0 Å². The van der Waals surface area contributed by atoms with Gasteiger partial charge in [-0.05, 0) is 31.4 Å². The number of nitrogens with zero attached hydrogens (tertiary/aromatic N) is 1. The molecule has 1 aliphatic carbocycles. The van der Waals surface area contributed by atoms with E-state index in [1.807, 2.05) is 0 Å². The van der Waals surface area contributed by atoms with Crippen molar-refractivity contribution in [3.8, 4) is 0 Å². The van der Waals surface area contributed by atoms with Gasteiger partial charge in [0.25, 0.3) is 0 Å². The van der Waals surface area contributed by atoms with Crippen LogP contribution >= 0.6 is 12.2 Å². The molecule has 0 aliphatic heterocycles. The van der Waals surface area contributed by atoms with E-state index in [2.05, 4.69) is 9.71 Å². The summed E-state index contributed by atoms with van der Waals surface area (Å²) >= 11 is 4.84. The summed E-state index contributed by atoms with van der Waals surface area (Å²) in [5.41, 5.74) is 5.64. The van der Waals surface area contributed by atoms with E-state index in [9.17, 15) is 8.42 Å². The lowest BCUT2D eigenvalue weighted by Gasteiger charge is -2.14. The van der Waals surface area contributed by atoms with Gasteiger partial charge in [0.1, 0.15) is 15.6 Å². The SMILES string of the molecule is COC1CCC(NS(=O)(=O)c2cccnc2C(N)=S)C1. The summed E-state index contributed by atoms with van der Waals surface area (Å²) in [5, 5.41) is 0. The van der Waals surface area contributed by atoms with Crippen LogP contribution in [0.3, 0.4) is 0 Å². The molecule has 1 aromatic rings. The van der Waals surface area contributed by atoms with Crippen LogP contribution in [0.5, 0.6) is 0 Å². The summed E-state index contributed by atoms with van der Waals surface area (Å²) in [6.07, 6.45) is 3.83. The number of aromatic nitrogens is 1. The Morgan fingerprint density at radius 1 is 1.55 bits per heavy atom. The van der Waals surface area contributed by atoms with Gasteiger partial charge in [0.15, 0.2) is 0 Å². The molecule has 2 rings (SSSR count). The summed E-state index contributed by atoms with van der Waals surface area (Å²) < 4.78 is 32.7. The predicted molar refractivity (Wildman–Crippen MR) is 78.9 cm³/mol. The summed E-state index contributed by atoms with van der Waals surface area (Å²) in [5.74, 6) is 0. The highest BCUT2D eigenvalue weighted by atomic mass is 32.2. The van der Waals surface area contributed by atoms with Crippen LogP contribution in [0.4, 0.5) is 0 Å². The van der Waals surface area contributed by atoms with Gasteiger partial charge < -0.3 is 10.5 Å². The monoisotopic (exact) mass is 315 g/mol. The van der Waals surface area contributed by atoms with Crippen molar-refractivity contribution in [2.45, 2.75) is 36.3 Å². The molecule has 3 N–H and O–H groups in total. The van der Waals surface area contributed by atoms with Crippen molar-refractivity contribution in [1.29, 1.82) is 0 Å². The Labute approximate surface area is 123 Å². The minimum absolute atomic E-state index is 0.0216. The molecule has 0 aromatic carbocycles. The first kappa shape index (κ1) is 15.3. The minimum Gasteiger partial charge on any atom is -0.388 e. The van der Waals surface area contributed by atoms with E-state index in [0.29, 0.717) is 6.42 Å². The van der Waals surface area contributed by atoms with E-state index in [0.717, 1.165) is 12.8 Å². The van der Waals surface area contributed by atoms with Gasteiger partial charge in [-0.3, -0.25) is 4.98 Å². The number of thiocarbonyl (C=S) groups is 1. The van der Waals surface area contributed by atoms with E-state index < -0.39 is 10.0 Å². The fourth-order valence-electron chi connectivity index (χ4n) is 2.34. The first-order chi connectivity index (χ1) is 9.44.